The minimum Gasteiger partial charge on any atom is -0.483 e. The molecule has 298 valence electrons. The highest BCUT2D eigenvalue weighted by molar-refractivity contribution is 5.77. The molecule has 0 spiro atoms. The average molecular weight is 723 g/mol. The average Bonchev–Trinajstić information content (AvgIpc) is 3.09. The van der Waals surface area contributed by atoms with Crippen molar-refractivity contribution in [1.82, 2.24) is 10.6 Å². The number of amides is 1. The molecule has 0 saturated carbocycles. The molecule has 0 atom stereocenters. The van der Waals surface area contributed by atoms with E-state index in [1.54, 1.807) is 14.0 Å². The number of carboxylic acids is 1. The second kappa shape index (κ2) is 53.3. The van der Waals surface area contributed by atoms with Gasteiger partial charge in [-0.2, -0.15) is 0 Å². The van der Waals surface area contributed by atoms with Crippen LogP contribution in [0.2, 0.25) is 0 Å². The Kier molecular flexibility index (Phi) is 58.0. The summed E-state index contributed by atoms with van der Waals surface area (Å²) in [5, 5.41) is 21.1. The number of rotatable bonds is 34. The molecule has 1 amide bonds. The van der Waals surface area contributed by atoms with Crippen molar-refractivity contribution in [3.8, 4) is 0 Å². The molecule has 0 aliphatic carbocycles. The normalized spacial score (nSPS) is 10.0. The number of aldehydes is 1. The third-order valence-electron chi connectivity index (χ3n) is 6.95. The van der Waals surface area contributed by atoms with Gasteiger partial charge in [0, 0.05) is 39.5 Å². The molecule has 0 bridgehead atoms. The predicted octanol–water partition coefficient (Wildman–Crippen LogP) is 6.00. The van der Waals surface area contributed by atoms with Crippen molar-refractivity contribution in [2.24, 2.45) is 0 Å². The summed E-state index contributed by atoms with van der Waals surface area (Å²) in [6, 6.07) is 0. The fourth-order valence-electron chi connectivity index (χ4n) is 4.18. The summed E-state index contributed by atoms with van der Waals surface area (Å²) in [5.41, 5.74) is 0. The van der Waals surface area contributed by atoms with Gasteiger partial charge in [0.1, 0.15) is 18.7 Å². The summed E-state index contributed by atoms with van der Waals surface area (Å²) in [7, 11) is 3.48. The molecule has 0 aliphatic rings. The molecule has 0 radical (unpaired) electrons. The van der Waals surface area contributed by atoms with Gasteiger partial charge in [-0.1, -0.05) is 90.4 Å². The van der Waals surface area contributed by atoms with E-state index in [1.807, 2.05) is 7.05 Å². The van der Waals surface area contributed by atoms with E-state index in [0.717, 1.165) is 57.8 Å². The molecule has 0 aromatic rings. The molecule has 0 heterocycles. The van der Waals surface area contributed by atoms with Crippen LogP contribution < -0.4 is 10.6 Å². The predicted molar refractivity (Wildman–Crippen MR) is 198 cm³/mol. The van der Waals surface area contributed by atoms with Crippen molar-refractivity contribution in [3.05, 3.63) is 0 Å². The van der Waals surface area contributed by atoms with Crippen LogP contribution in [0.1, 0.15) is 136 Å². The van der Waals surface area contributed by atoms with E-state index in [0.29, 0.717) is 58.4 Å². The Morgan fingerprint density at radius 2 is 1.08 bits per heavy atom. The van der Waals surface area contributed by atoms with Crippen LogP contribution in [0.5, 0.6) is 0 Å². The van der Waals surface area contributed by atoms with Crippen LogP contribution in [0.25, 0.3) is 0 Å². The van der Waals surface area contributed by atoms with E-state index in [9.17, 15) is 19.2 Å². The maximum Gasteiger partial charge on any atom is 0.303 e. The second-order valence-corrected chi connectivity index (χ2v) is 11.7. The Hall–Kier alpha value is -2.45. The molecular formula is C37H74N2O11. The van der Waals surface area contributed by atoms with Gasteiger partial charge in [0.05, 0.1) is 39.6 Å². The zero-order valence-electron chi connectivity index (χ0n) is 32.0. The number of nitrogens with one attached hydrogen (secondary N) is 2. The van der Waals surface area contributed by atoms with Gasteiger partial charge in [0.25, 0.3) is 6.47 Å². The third-order valence-corrected chi connectivity index (χ3v) is 6.95. The zero-order valence-corrected chi connectivity index (χ0v) is 32.0. The van der Waals surface area contributed by atoms with Gasteiger partial charge in [-0.05, 0) is 33.2 Å². The van der Waals surface area contributed by atoms with Crippen molar-refractivity contribution in [3.63, 3.8) is 0 Å². The zero-order chi connectivity index (χ0) is 38.2. The lowest BCUT2D eigenvalue weighted by molar-refractivity contribution is -0.137. The number of likely N-dealkylation sites (N-methyl/N-ethyl adjacent to an activating group) is 1. The molecule has 13 heteroatoms. The van der Waals surface area contributed by atoms with Gasteiger partial charge in [0.15, 0.2) is 0 Å². The smallest absolute Gasteiger partial charge is 0.303 e. The highest BCUT2D eigenvalue weighted by Crippen LogP contribution is 2.13. The molecule has 0 aliphatic heterocycles. The van der Waals surface area contributed by atoms with Crippen LogP contribution in [0.15, 0.2) is 0 Å². The largest absolute Gasteiger partial charge is 0.483 e. The number of ketones is 1. The lowest BCUT2D eigenvalue weighted by Gasteiger charge is -2.07. The first kappa shape index (κ1) is 54.3. The van der Waals surface area contributed by atoms with Crippen molar-refractivity contribution in [2.45, 2.75) is 136 Å². The van der Waals surface area contributed by atoms with E-state index < -0.39 is 5.97 Å². The summed E-state index contributed by atoms with van der Waals surface area (Å²) >= 11 is 0. The van der Waals surface area contributed by atoms with E-state index in [1.165, 1.54) is 70.6 Å². The van der Waals surface area contributed by atoms with E-state index in [2.05, 4.69) is 17.6 Å². The fraction of sp³-hybridized carbons (Fsp3) is 0.865. The van der Waals surface area contributed by atoms with Crippen molar-refractivity contribution >= 4 is 30.4 Å². The molecule has 0 unspecified atom stereocenters. The number of hydrogen-bond acceptors (Lipinski definition) is 10. The highest BCUT2D eigenvalue weighted by Gasteiger charge is 2.01. The molecule has 0 aromatic carbocycles. The van der Waals surface area contributed by atoms with E-state index >= 15 is 0 Å². The number of aliphatic carboxylic acids is 1. The lowest BCUT2D eigenvalue weighted by Crippen LogP contribution is -2.31. The summed E-state index contributed by atoms with van der Waals surface area (Å²) in [6.07, 6.45) is 22.2. The molecule has 0 saturated heterocycles. The van der Waals surface area contributed by atoms with Gasteiger partial charge < -0.3 is 49.4 Å². The van der Waals surface area contributed by atoms with Crippen LogP contribution in [-0.2, 0) is 42.9 Å². The quantitative estimate of drug-likeness (QED) is 0.0449. The molecule has 13 nitrogen and oxygen atoms in total. The number of ether oxygens (including phenoxy) is 4. The second-order valence-electron chi connectivity index (χ2n) is 11.7. The Morgan fingerprint density at radius 1 is 0.640 bits per heavy atom. The molecule has 0 aromatic heterocycles. The monoisotopic (exact) mass is 723 g/mol. The third kappa shape index (κ3) is 67.7. The first-order valence-corrected chi connectivity index (χ1v) is 18.6. The molecular weight excluding hydrogens is 648 g/mol. The lowest BCUT2D eigenvalue weighted by atomic mass is 10.0. The number of methoxy groups -OCH3 is 1. The summed E-state index contributed by atoms with van der Waals surface area (Å²) in [4.78, 5) is 50.4. The van der Waals surface area contributed by atoms with Crippen LogP contribution in [0, 0.1) is 0 Å². The van der Waals surface area contributed by atoms with E-state index in [4.69, 9.17) is 34.0 Å². The Morgan fingerprint density at radius 3 is 1.48 bits per heavy atom. The topological polar surface area (TPSA) is 187 Å². The first-order valence-electron chi connectivity index (χ1n) is 18.6. The van der Waals surface area contributed by atoms with Gasteiger partial charge in [0.2, 0.25) is 5.91 Å². The van der Waals surface area contributed by atoms with Crippen molar-refractivity contribution < 1.29 is 53.1 Å². The van der Waals surface area contributed by atoms with Gasteiger partial charge >= 0.3 is 5.97 Å². The highest BCUT2D eigenvalue weighted by atomic mass is 16.5. The summed E-state index contributed by atoms with van der Waals surface area (Å²) in [6.45, 7) is 7.96. The number of carbonyl (C=O) groups excluding carboxylic acids is 3. The molecule has 4 N–H and O–H groups in total. The maximum atomic E-state index is 11.3. The van der Waals surface area contributed by atoms with Crippen molar-refractivity contribution in [1.29, 1.82) is 0 Å². The van der Waals surface area contributed by atoms with Crippen LogP contribution in [0.3, 0.4) is 0 Å². The Balaban J connectivity index is -0.000000342. The van der Waals surface area contributed by atoms with Gasteiger partial charge in [-0.15, -0.1) is 0 Å². The van der Waals surface area contributed by atoms with Gasteiger partial charge in [-0.25, -0.2) is 0 Å². The van der Waals surface area contributed by atoms with Crippen LogP contribution in [-0.4, -0.2) is 114 Å². The SMILES string of the molecule is CC(=O)CCCCCCCCCCCCCCCCC(=O)O.CCCCC=O.CNCCOCCOCC(=O)NCCOCCOC.O=CO. The minimum absolute atomic E-state index is 0.0491. The Bertz CT molecular complexity index is 685. The molecule has 50 heavy (non-hydrogen) atoms. The van der Waals surface area contributed by atoms with Crippen LogP contribution >= 0.6 is 0 Å². The summed E-state index contributed by atoms with van der Waals surface area (Å²) in [5.74, 6) is -0.494. The Labute approximate surface area is 303 Å². The summed E-state index contributed by atoms with van der Waals surface area (Å²) < 4.78 is 20.4. The number of carboxylic acid groups (broad SMARTS) is 2. The number of Topliss-reactive ketones (excluding diaryl/α,β-unsaturated/α-hetero) is 1. The van der Waals surface area contributed by atoms with Crippen molar-refractivity contribution in [2.75, 3.05) is 73.5 Å². The van der Waals surface area contributed by atoms with Gasteiger partial charge in [-0.3, -0.25) is 14.4 Å². The molecule has 0 fully saturated rings. The number of unbranched alkanes of at least 4 members (excludes halogenated alkanes) is 15. The minimum atomic E-state index is -0.668. The van der Waals surface area contributed by atoms with E-state index in [-0.39, 0.29) is 19.0 Å². The maximum absolute atomic E-state index is 11.3. The molecule has 0 rings (SSSR count). The fourth-order valence-corrected chi connectivity index (χ4v) is 4.18. The standard InChI is InChI=1S/C19H36O3.C12H26N2O5.C5H10O.CH2O2/c1-18(20)16-14-12-10-8-6-4-2-3-5-7-9-11-13-15-17-19(21)22;1-13-3-5-17-9-10-19-11-12(15)14-4-6-18-8-7-16-2;1-2-3-4-5-6;2-1-3/h2-17H2,1H3,(H,21,22);13H,3-11H2,1-2H3,(H,14,15);5H,2-4H2,1H3;1H,(H,2,3). The van der Waals surface area contributed by atoms with Crippen LogP contribution in [0.4, 0.5) is 0 Å². The number of carbonyl (C=O) groups is 5. The first-order chi connectivity index (χ1) is 24.3. The number of hydrogen-bond donors (Lipinski definition) is 4.